The number of carbonyl (C=O) groups is 2. The van der Waals surface area contributed by atoms with Crippen molar-refractivity contribution in [3.63, 3.8) is 0 Å². The molecule has 1 atom stereocenters. The number of ether oxygens (including phenoxy) is 3. The fourth-order valence-corrected chi connectivity index (χ4v) is 1.49. The van der Waals surface area contributed by atoms with Crippen LogP contribution in [-0.4, -0.2) is 39.2 Å². The lowest BCUT2D eigenvalue weighted by Crippen LogP contribution is -2.39. The van der Waals surface area contributed by atoms with Crippen LogP contribution in [0.25, 0.3) is 0 Å². The van der Waals surface area contributed by atoms with Crippen molar-refractivity contribution in [2.24, 2.45) is 0 Å². The number of methoxy groups -OCH3 is 3. The minimum Gasteiger partial charge on any atom is -0.493 e. The smallest absolute Gasteiger partial charge is 0.328 e. The van der Waals surface area contributed by atoms with Gasteiger partial charge in [0.15, 0.2) is 11.5 Å². The highest BCUT2D eigenvalue weighted by Crippen LogP contribution is 2.27. The number of hydrogen-bond acceptors (Lipinski definition) is 5. The first-order chi connectivity index (χ1) is 9.03. The van der Waals surface area contributed by atoms with Crippen molar-refractivity contribution in [2.45, 2.75) is 13.0 Å². The predicted octanol–water partition coefficient (Wildman–Crippen LogP) is 0.995. The summed E-state index contributed by atoms with van der Waals surface area (Å²) in [7, 11) is 4.26. The minimum atomic E-state index is -0.717. The van der Waals surface area contributed by atoms with Gasteiger partial charge in [0.1, 0.15) is 6.04 Å². The van der Waals surface area contributed by atoms with Gasteiger partial charge in [-0.15, -0.1) is 0 Å². The molecule has 0 saturated heterocycles. The molecule has 6 heteroatoms. The molecule has 0 bridgehead atoms. The van der Waals surface area contributed by atoms with Gasteiger partial charge in [0.25, 0.3) is 5.91 Å². The molecular formula is C13H17NO5. The van der Waals surface area contributed by atoms with E-state index < -0.39 is 12.0 Å². The Morgan fingerprint density at radius 3 is 2.26 bits per heavy atom. The molecule has 1 aromatic rings. The number of esters is 1. The van der Waals surface area contributed by atoms with Gasteiger partial charge in [0, 0.05) is 5.56 Å². The van der Waals surface area contributed by atoms with E-state index in [1.165, 1.54) is 27.4 Å². The minimum absolute atomic E-state index is 0.369. The molecule has 104 valence electrons. The number of hydrogen-bond donors (Lipinski definition) is 1. The van der Waals surface area contributed by atoms with Gasteiger partial charge >= 0.3 is 5.97 Å². The van der Waals surface area contributed by atoms with Crippen molar-refractivity contribution in [2.75, 3.05) is 21.3 Å². The highest BCUT2D eigenvalue weighted by molar-refractivity contribution is 5.97. The maximum Gasteiger partial charge on any atom is 0.328 e. The Morgan fingerprint density at radius 1 is 1.11 bits per heavy atom. The Morgan fingerprint density at radius 2 is 1.74 bits per heavy atom. The Labute approximate surface area is 111 Å². The van der Waals surface area contributed by atoms with Crippen molar-refractivity contribution in [3.8, 4) is 11.5 Å². The number of carbonyl (C=O) groups excluding carboxylic acids is 2. The standard InChI is InChI=1S/C13H17NO5/c1-8(13(16)19-4)14-12(15)9-5-6-10(17-2)11(7-9)18-3/h5-8H,1-4H3,(H,14,15)/t8-/m0/s1. The van der Waals surface area contributed by atoms with Crippen LogP contribution in [0, 0.1) is 0 Å². The van der Waals surface area contributed by atoms with Crippen LogP contribution in [0.3, 0.4) is 0 Å². The molecule has 19 heavy (non-hydrogen) atoms. The van der Waals surface area contributed by atoms with E-state index in [-0.39, 0.29) is 5.91 Å². The van der Waals surface area contributed by atoms with Crippen molar-refractivity contribution >= 4 is 11.9 Å². The van der Waals surface area contributed by atoms with E-state index in [1.54, 1.807) is 19.1 Å². The maximum absolute atomic E-state index is 11.9. The Bertz CT molecular complexity index is 472. The van der Waals surface area contributed by atoms with Crippen LogP contribution in [0.5, 0.6) is 11.5 Å². The normalized spacial score (nSPS) is 11.4. The van der Waals surface area contributed by atoms with Crippen molar-refractivity contribution < 1.29 is 23.8 Å². The molecule has 1 N–H and O–H groups in total. The molecular weight excluding hydrogens is 250 g/mol. The Hall–Kier alpha value is -2.24. The van der Waals surface area contributed by atoms with Gasteiger partial charge in [-0.2, -0.15) is 0 Å². The van der Waals surface area contributed by atoms with Gasteiger partial charge in [0.05, 0.1) is 21.3 Å². The van der Waals surface area contributed by atoms with Crippen LogP contribution in [0.1, 0.15) is 17.3 Å². The second-order valence-corrected chi connectivity index (χ2v) is 3.79. The fourth-order valence-electron chi connectivity index (χ4n) is 1.49. The second kappa shape index (κ2) is 6.63. The van der Waals surface area contributed by atoms with Crippen LogP contribution in [0.4, 0.5) is 0 Å². The molecule has 0 aromatic heterocycles. The Balaban J connectivity index is 2.85. The van der Waals surface area contributed by atoms with Crippen LogP contribution >= 0.6 is 0 Å². The third-order valence-corrected chi connectivity index (χ3v) is 2.55. The average molecular weight is 267 g/mol. The molecule has 0 fully saturated rings. The molecule has 1 rings (SSSR count). The summed E-state index contributed by atoms with van der Waals surface area (Å²) in [5.41, 5.74) is 0.369. The molecule has 1 aromatic carbocycles. The Kier molecular flexibility index (Phi) is 5.17. The molecule has 0 aliphatic rings. The van der Waals surface area contributed by atoms with E-state index >= 15 is 0 Å². The number of rotatable bonds is 5. The van der Waals surface area contributed by atoms with Gasteiger partial charge in [0.2, 0.25) is 0 Å². The van der Waals surface area contributed by atoms with E-state index in [0.717, 1.165) is 0 Å². The molecule has 0 heterocycles. The highest BCUT2D eigenvalue weighted by Gasteiger charge is 2.18. The summed E-state index contributed by atoms with van der Waals surface area (Å²) in [5.74, 6) is 0.0774. The summed E-state index contributed by atoms with van der Waals surface area (Å²) in [4.78, 5) is 23.1. The molecule has 0 aliphatic carbocycles. The first-order valence-electron chi connectivity index (χ1n) is 5.64. The lowest BCUT2D eigenvalue weighted by molar-refractivity contribution is -0.142. The topological polar surface area (TPSA) is 73.9 Å². The van der Waals surface area contributed by atoms with E-state index in [1.807, 2.05) is 0 Å². The van der Waals surface area contributed by atoms with Gasteiger partial charge in [-0.1, -0.05) is 0 Å². The summed E-state index contributed by atoms with van der Waals surface area (Å²) in [6.45, 7) is 1.55. The molecule has 6 nitrogen and oxygen atoms in total. The zero-order chi connectivity index (χ0) is 14.4. The number of benzene rings is 1. The lowest BCUT2D eigenvalue weighted by Gasteiger charge is -2.13. The van der Waals surface area contributed by atoms with Crippen LogP contribution in [0.2, 0.25) is 0 Å². The summed E-state index contributed by atoms with van der Waals surface area (Å²) in [6, 6.07) is 4.03. The van der Waals surface area contributed by atoms with E-state index in [0.29, 0.717) is 17.1 Å². The molecule has 0 saturated carbocycles. The van der Waals surface area contributed by atoms with Crippen molar-refractivity contribution in [3.05, 3.63) is 23.8 Å². The van der Waals surface area contributed by atoms with Gasteiger partial charge < -0.3 is 19.5 Å². The number of nitrogens with one attached hydrogen (secondary N) is 1. The molecule has 0 unspecified atom stereocenters. The molecule has 0 aliphatic heterocycles. The molecule has 1 amide bonds. The third-order valence-electron chi connectivity index (χ3n) is 2.55. The third kappa shape index (κ3) is 3.61. The van der Waals surface area contributed by atoms with Crippen LogP contribution in [-0.2, 0) is 9.53 Å². The largest absolute Gasteiger partial charge is 0.493 e. The molecule has 0 spiro atoms. The highest BCUT2D eigenvalue weighted by atomic mass is 16.5. The van der Waals surface area contributed by atoms with Crippen LogP contribution < -0.4 is 14.8 Å². The molecule has 0 radical (unpaired) electrons. The summed E-state index contributed by atoms with van der Waals surface area (Å²) >= 11 is 0. The lowest BCUT2D eigenvalue weighted by atomic mass is 10.1. The van der Waals surface area contributed by atoms with Crippen molar-refractivity contribution in [1.29, 1.82) is 0 Å². The van der Waals surface area contributed by atoms with Crippen LogP contribution in [0.15, 0.2) is 18.2 Å². The average Bonchev–Trinajstić information content (AvgIpc) is 2.45. The van der Waals surface area contributed by atoms with Gasteiger partial charge in [-0.3, -0.25) is 4.79 Å². The quantitative estimate of drug-likeness (QED) is 0.805. The first-order valence-corrected chi connectivity index (χ1v) is 5.64. The van der Waals surface area contributed by atoms with Gasteiger partial charge in [-0.05, 0) is 25.1 Å². The summed E-state index contributed by atoms with van der Waals surface area (Å²) in [6.07, 6.45) is 0. The van der Waals surface area contributed by atoms with Crippen molar-refractivity contribution in [1.82, 2.24) is 5.32 Å². The zero-order valence-corrected chi connectivity index (χ0v) is 11.4. The zero-order valence-electron chi connectivity index (χ0n) is 11.4. The second-order valence-electron chi connectivity index (χ2n) is 3.79. The van der Waals surface area contributed by atoms with E-state index in [4.69, 9.17) is 9.47 Å². The SMILES string of the molecule is COC(=O)[C@H](C)NC(=O)c1ccc(OC)c(OC)c1. The van der Waals surface area contributed by atoms with Gasteiger partial charge in [-0.25, -0.2) is 4.79 Å². The summed E-state index contributed by atoms with van der Waals surface area (Å²) < 4.78 is 14.7. The number of amides is 1. The van der Waals surface area contributed by atoms with E-state index in [2.05, 4.69) is 10.1 Å². The monoisotopic (exact) mass is 267 g/mol. The summed E-state index contributed by atoms with van der Waals surface area (Å²) in [5, 5.41) is 2.53. The maximum atomic E-state index is 11.9. The predicted molar refractivity (Wildman–Crippen MR) is 68.5 cm³/mol. The van der Waals surface area contributed by atoms with E-state index in [9.17, 15) is 9.59 Å². The first kappa shape index (κ1) is 14.8. The fraction of sp³-hybridized carbons (Fsp3) is 0.385.